The molecule has 2 aromatic carbocycles. The van der Waals surface area contributed by atoms with Crippen molar-refractivity contribution in [2.75, 3.05) is 26.3 Å². The summed E-state index contributed by atoms with van der Waals surface area (Å²) in [5, 5.41) is 21.6. The summed E-state index contributed by atoms with van der Waals surface area (Å²) in [5.74, 6) is -0.218. The van der Waals surface area contributed by atoms with E-state index in [0.29, 0.717) is 17.0 Å². The molecule has 5 nitrogen and oxygen atoms in total. The standard InChI is InChI=1S/C22H27FN2O3/c23-20-7-5-18(6-8-20)21(15-27)24-22(28)19-3-1-16(2-4-19)13-25-11-9-17(14-26)10-12-25/h1-8,17,21,26-27H,9-15H2,(H,24,28). The Balaban J connectivity index is 1.56. The Labute approximate surface area is 164 Å². The molecule has 28 heavy (non-hydrogen) atoms. The molecule has 1 saturated heterocycles. The summed E-state index contributed by atoms with van der Waals surface area (Å²) in [6.45, 7) is 2.78. The van der Waals surface area contributed by atoms with E-state index in [1.807, 2.05) is 12.1 Å². The average Bonchev–Trinajstić information content (AvgIpc) is 2.73. The molecule has 1 atom stereocenters. The molecule has 150 valence electrons. The first kappa shape index (κ1) is 20.5. The lowest BCUT2D eigenvalue weighted by atomic mass is 9.97. The maximum absolute atomic E-state index is 13.1. The molecule has 1 heterocycles. The van der Waals surface area contributed by atoms with Crippen LogP contribution in [0.4, 0.5) is 4.39 Å². The molecular weight excluding hydrogens is 359 g/mol. The Hall–Kier alpha value is -2.28. The second-order valence-corrected chi connectivity index (χ2v) is 7.36. The van der Waals surface area contributed by atoms with Crippen LogP contribution < -0.4 is 5.32 Å². The predicted octanol–water partition coefficient (Wildman–Crippen LogP) is 2.49. The number of amides is 1. The van der Waals surface area contributed by atoms with Gasteiger partial charge in [-0.1, -0.05) is 24.3 Å². The number of benzene rings is 2. The van der Waals surface area contributed by atoms with Gasteiger partial charge < -0.3 is 15.5 Å². The van der Waals surface area contributed by atoms with Crippen LogP contribution in [0.1, 0.15) is 40.4 Å². The van der Waals surface area contributed by atoms with Crippen molar-refractivity contribution in [3.05, 3.63) is 71.0 Å². The van der Waals surface area contributed by atoms with Crippen LogP contribution in [0.15, 0.2) is 48.5 Å². The number of carbonyl (C=O) groups is 1. The second-order valence-electron chi connectivity index (χ2n) is 7.36. The molecule has 1 aliphatic rings. The van der Waals surface area contributed by atoms with Gasteiger partial charge in [0.25, 0.3) is 5.91 Å². The van der Waals surface area contributed by atoms with Gasteiger partial charge in [-0.2, -0.15) is 0 Å². The number of rotatable bonds is 7. The SMILES string of the molecule is O=C(NC(CO)c1ccc(F)cc1)c1ccc(CN2CCC(CO)CC2)cc1. The topological polar surface area (TPSA) is 72.8 Å². The molecule has 0 aliphatic carbocycles. The smallest absolute Gasteiger partial charge is 0.251 e. The van der Waals surface area contributed by atoms with Gasteiger partial charge >= 0.3 is 0 Å². The Morgan fingerprint density at radius 3 is 2.29 bits per heavy atom. The first-order valence-corrected chi connectivity index (χ1v) is 9.68. The first-order chi connectivity index (χ1) is 13.6. The number of hydrogen-bond donors (Lipinski definition) is 3. The summed E-state index contributed by atoms with van der Waals surface area (Å²) in [5.41, 5.74) is 2.31. The molecular formula is C22H27FN2O3. The summed E-state index contributed by atoms with van der Waals surface area (Å²) >= 11 is 0. The van der Waals surface area contributed by atoms with Gasteiger partial charge in [-0.25, -0.2) is 4.39 Å². The van der Waals surface area contributed by atoms with Crippen molar-refractivity contribution in [2.24, 2.45) is 5.92 Å². The van der Waals surface area contributed by atoms with E-state index in [4.69, 9.17) is 0 Å². The minimum Gasteiger partial charge on any atom is -0.396 e. The number of nitrogens with zero attached hydrogens (tertiary/aromatic N) is 1. The van der Waals surface area contributed by atoms with Gasteiger partial charge in [-0.15, -0.1) is 0 Å². The maximum atomic E-state index is 13.1. The summed E-state index contributed by atoms with van der Waals surface area (Å²) in [4.78, 5) is 14.9. The van der Waals surface area contributed by atoms with Crippen LogP contribution >= 0.6 is 0 Å². The molecule has 1 aliphatic heterocycles. The largest absolute Gasteiger partial charge is 0.396 e. The molecule has 0 radical (unpaired) electrons. The van der Waals surface area contributed by atoms with Crippen LogP contribution in [0.3, 0.4) is 0 Å². The van der Waals surface area contributed by atoms with Crippen molar-refractivity contribution < 1.29 is 19.4 Å². The van der Waals surface area contributed by atoms with E-state index < -0.39 is 6.04 Å². The number of aliphatic hydroxyl groups excluding tert-OH is 2. The lowest BCUT2D eigenvalue weighted by molar-refractivity contribution is 0.0916. The van der Waals surface area contributed by atoms with Gasteiger partial charge in [0.1, 0.15) is 5.82 Å². The van der Waals surface area contributed by atoms with Crippen LogP contribution in [-0.2, 0) is 6.54 Å². The van der Waals surface area contributed by atoms with E-state index in [-0.39, 0.29) is 24.9 Å². The lowest BCUT2D eigenvalue weighted by Gasteiger charge is -2.31. The maximum Gasteiger partial charge on any atom is 0.251 e. The fourth-order valence-electron chi connectivity index (χ4n) is 3.52. The van der Waals surface area contributed by atoms with E-state index in [1.165, 1.54) is 12.1 Å². The highest BCUT2D eigenvalue weighted by molar-refractivity contribution is 5.94. The van der Waals surface area contributed by atoms with Crippen LogP contribution in [0, 0.1) is 11.7 Å². The molecule has 0 saturated carbocycles. The fourth-order valence-corrected chi connectivity index (χ4v) is 3.52. The molecule has 0 bridgehead atoms. The van der Waals surface area contributed by atoms with E-state index in [9.17, 15) is 19.4 Å². The lowest BCUT2D eigenvalue weighted by Crippen LogP contribution is -2.34. The number of carbonyl (C=O) groups excluding carboxylic acids is 1. The zero-order chi connectivity index (χ0) is 19.9. The molecule has 3 rings (SSSR count). The highest BCUT2D eigenvalue weighted by Gasteiger charge is 2.19. The van der Waals surface area contributed by atoms with Gasteiger partial charge in [0.15, 0.2) is 0 Å². The Bertz CT molecular complexity index is 756. The highest BCUT2D eigenvalue weighted by Crippen LogP contribution is 2.19. The van der Waals surface area contributed by atoms with Crippen molar-refractivity contribution in [3.63, 3.8) is 0 Å². The molecule has 1 amide bonds. The molecule has 2 aromatic rings. The third kappa shape index (κ3) is 5.38. The summed E-state index contributed by atoms with van der Waals surface area (Å²) in [7, 11) is 0. The Morgan fingerprint density at radius 2 is 1.71 bits per heavy atom. The van der Waals surface area contributed by atoms with Crippen LogP contribution in [-0.4, -0.2) is 47.3 Å². The van der Waals surface area contributed by atoms with E-state index in [1.54, 1.807) is 24.3 Å². The molecule has 1 unspecified atom stereocenters. The number of halogens is 1. The van der Waals surface area contributed by atoms with Gasteiger partial charge in [0.2, 0.25) is 0 Å². The third-order valence-corrected chi connectivity index (χ3v) is 5.35. The molecule has 1 fully saturated rings. The predicted molar refractivity (Wildman–Crippen MR) is 105 cm³/mol. The summed E-state index contributed by atoms with van der Waals surface area (Å²) in [6.07, 6.45) is 2.03. The second kappa shape index (κ2) is 9.78. The monoisotopic (exact) mass is 386 g/mol. The minimum atomic E-state index is -0.583. The molecule has 3 N–H and O–H groups in total. The normalized spacial score (nSPS) is 16.7. The van der Waals surface area contributed by atoms with E-state index >= 15 is 0 Å². The van der Waals surface area contributed by atoms with Crippen LogP contribution in [0.5, 0.6) is 0 Å². The van der Waals surface area contributed by atoms with Crippen LogP contribution in [0.2, 0.25) is 0 Å². The van der Waals surface area contributed by atoms with Gasteiger partial charge in [0.05, 0.1) is 12.6 Å². The summed E-state index contributed by atoms with van der Waals surface area (Å²) in [6, 6.07) is 12.6. The van der Waals surface area contributed by atoms with Crippen molar-refractivity contribution in [1.29, 1.82) is 0 Å². The zero-order valence-corrected chi connectivity index (χ0v) is 15.9. The van der Waals surface area contributed by atoms with Crippen molar-refractivity contribution >= 4 is 5.91 Å². The summed E-state index contributed by atoms with van der Waals surface area (Å²) < 4.78 is 13.1. The zero-order valence-electron chi connectivity index (χ0n) is 15.9. The van der Waals surface area contributed by atoms with Crippen molar-refractivity contribution in [2.45, 2.75) is 25.4 Å². The number of nitrogens with one attached hydrogen (secondary N) is 1. The number of aliphatic hydroxyl groups is 2. The Morgan fingerprint density at radius 1 is 1.07 bits per heavy atom. The van der Waals surface area contributed by atoms with Gasteiger partial charge in [-0.05, 0) is 67.2 Å². The first-order valence-electron chi connectivity index (χ1n) is 9.68. The Kier molecular flexibility index (Phi) is 7.14. The number of hydrogen-bond acceptors (Lipinski definition) is 4. The van der Waals surface area contributed by atoms with Crippen molar-refractivity contribution in [3.8, 4) is 0 Å². The number of likely N-dealkylation sites (tertiary alicyclic amines) is 1. The number of piperidine rings is 1. The minimum absolute atomic E-state index is 0.265. The van der Waals surface area contributed by atoms with Crippen LogP contribution in [0.25, 0.3) is 0 Å². The fraction of sp³-hybridized carbons (Fsp3) is 0.409. The quantitative estimate of drug-likeness (QED) is 0.684. The third-order valence-electron chi connectivity index (χ3n) is 5.35. The van der Waals surface area contributed by atoms with Gasteiger partial charge in [-0.3, -0.25) is 9.69 Å². The molecule has 6 heteroatoms. The van der Waals surface area contributed by atoms with Crippen molar-refractivity contribution in [1.82, 2.24) is 10.2 Å². The van der Waals surface area contributed by atoms with E-state index in [2.05, 4.69) is 10.2 Å². The van der Waals surface area contributed by atoms with E-state index in [0.717, 1.165) is 38.0 Å². The molecule has 0 aromatic heterocycles. The molecule has 0 spiro atoms. The highest BCUT2D eigenvalue weighted by atomic mass is 19.1. The average molecular weight is 386 g/mol. The van der Waals surface area contributed by atoms with Gasteiger partial charge in [0, 0.05) is 18.7 Å².